The molecule has 1 aliphatic rings. The van der Waals surface area contributed by atoms with Crippen molar-refractivity contribution in [3.8, 4) is 5.88 Å². The van der Waals surface area contributed by atoms with Gasteiger partial charge in [-0.2, -0.15) is 4.98 Å². The fourth-order valence-corrected chi connectivity index (χ4v) is 2.25. The Labute approximate surface area is 101 Å². The largest absolute Gasteiger partial charge is 0.481 e. The third-order valence-corrected chi connectivity index (χ3v) is 3.25. The lowest BCUT2D eigenvalue weighted by molar-refractivity contribution is 0.122. The molecule has 2 N–H and O–H groups in total. The lowest BCUT2D eigenvalue weighted by Crippen LogP contribution is -2.27. The molecule has 0 aromatic carbocycles. The van der Waals surface area contributed by atoms with Crippen LogP contribution in [0.15, 0.2) is 12.3 Å². The molecule has 1 aliphatic carbocycles. The number of rotatable bonds is 5. The quantitative estimate of drug-likeness (QED) is 0.811. The number of hydrogen-bond donors (Lipinski definition) is 2. The summed E-state index contributed by atoms with van der Waals surface area (Å²) in [6, 6.07) is 1.69. The van der Waals surface area contributed by atoms with Gasteiger partial charge in [-0.3, -0.25) is 0 Å². The van der Waals surface area contributed by atoms with E-state index in [0.717, 1.165) is 12.8 Å². The number of aromatic nitrogens is 2. The van der Waals surface area contributed by atoms with Crippen molar-refractivity contribution in [3.05, 3.63) is 12.3 Å². The molecule has 17 heavy (non-hydrogen) atoms. The van der Waals surface area contributed by atoms with Crippen molar-refractivity contribution in [3.63, 3.8) is 0 Å². The second-order valence-electron chi connectivity index (χ2n) is 4.42. The zero-order chi connectivity index (χ0) is 12.1. The minimum atomic E-state index is -0.313. The van der Waals surface area contributed by atoms with Crippen molar-refractivity contribution < 1.29 is 9.84 Å². The second kappa shape index (κ2) is 5.82. The Bertz CT molecular complexity index is 353. The van der Waals surface area contributed by atoms with Gasteiger partial charge in [-0.05, 0) is 18.8 Å². The molecule has 1 saturated carbocycles. The number of nitrogens with zero attached hydrogens (tertiary/aromatic N) is 2. The molecule has 0 radical (unpaired) electrons. The molecular weight excluding hydrogens is 218 g/mol. The van der Waals surface area contributed by atoms with Gasteiger partial charge < -0.3 is 15.2 Å². The van der Waals surface area contributed by atoms with Crippen LogP contribution in [0.25, 0.3) is 0 Å². The number of methoxy groups -OCH3 is 1. The van der Waals surface area contributed by atoms with Crippen LogP contribution in [0.4, 0.5) is 5.95 Å². The first-order valence-corrected chi connectivity index (χ1v) is 6.08. The Morgan fingerprint density at radius 1 is 1.53 bits per heavy atom. The van der Waals surface area contributed by atoms with Crippen molar-refractivity contribution in [1.82, 2.24) is 9.97 Å². The molecule has 94 valence electrons. The minimum absolute atomic E-state index is 0.313. The van der Waals surface area contributed by atoms with E-state index < -0.39 is 0 Å². The van der Waals surface area contributed by atoms with Crippen LogP contribution in [-0.4, -0.2) is 34.8 Å². The summed E-state index contributed by atoms with van der Waals surface area (Å²) in [6.45, 7) is 0.498. The van der Waals surface area contributed by atoms with Gasteiger partial charge >= 0.3 is 0 Å². The molecule has 0 amide bonds. The Morgan fingerprint density at radius 2 is 2.29 bits per heavy atom. The van der Waals surface area contributed by atoms with Crippen molar-refractivity contribution in [2.24, 2.45) is 5.92 Å². The van der Waals surface area contributed by atoms with E-state index in [-0.39, 0.29) is 6.10 Å². The summed E-state index contributed by atoms with van der Waals surface area (Å²) < 4.78 is 5.01. The van der Waals surface area contributed by atoms with Crippen molar-refractivity contribution >= 4 is 5.95 Å². The van der Waals surface area contributed by atoms with Crippen molar-refractivity contribution in [2.75, 3.05) is 19.0 Å². The van der Waals surface area contributed by atoms with Crippen LogP contribution in [0.5, 0.6) is 5.88 Å². The molecule has 0 saturated heterocycles. The maximum absolute atomic E-state index is 9.99. The Kier molecular flexibility index (Phi) is 4.14. The van der Waals surface area contributed by atoms with Crippen molar-refractivity contribution in [2.45, 2.75) is 31.8 Å². The van der Waals surface area contributed by atoms with Crippen LogP contribution in [0, 0.1) is 5.92 Å². The third kappa shape index (κ3) is 3.30. The molecule has 2 rings (SSSR count). The van der Waals surface area contributed by atoms with E-state index in [1.807, 2.05) is 0 Å². The standard InChI is InChI=1S/C12H19N3O2/c1-17-11-6-7-13-12(15-11)14-8-10(16)9-4-2-3-5-9/h6-7,9-10,16H,2-5,8H2,1H3,(H,13,14,15). The summed E-state index contributed by atoms with van der Waals surface area (Å²) in [7, 11) is 1.57. The smallest absolute Gasteiger partial charge is 0.226 e. The zero-order valence-electron chi connectivity index (χ0n) is 10.1. The lowest BCUT2D eigenvalue weighted by Gasteiger charge is -2.17. The summed E-state index contributed by atoms with van der Waals surface area (Å²) in [5.41, 5.74) is 0. The lowest BCUT2D eigenvalue weighted by atomic mass is 10.0. The summed E-state index contributed by atoms with van der Waals surface area (Å²) in [4.78, 5) is 8.21. The Morgan fingerprint density at radius 3 is 3.00 bits per heavy atom. The maximum atomic E-state index is 9.99. The monoisotopic (exact) mass is 237 g/mol. The van der Waals surface area contributed by atoms with Gasteiger partial charge in [-0.15, -0.1) is 0 Å². The highest BCUT2D eigenvalue weighted by atomic mass is 16.5. The normalized spacial score (nSPS) is 18.0. The SMILES string of the molecule is COc1ccnc(NCC(O)C2CCCC2)n1. The average Bonchev–Trinajstić information content (AvgIpc) is 2.90. The van der Waals surface area contributed by atoms with Crippen LogP contribution in [-0.2, 0) is 0 Å². The molecule has 0 bridgehead atoms. The highest BCUT2D eigenvalue weighted by molar-refractivity contribution is 5.27. The molecule has 0 spiro atoms. The second-order valence-corrected chi connectivity index (χ2v) is 4.42. The fraction of sp³-hybridized carbons (Fsp3) is 0.667. The third-order valence-electron chi connectivity index (χ3n) is 3.25. The molecular formula is C12H19N3O2. The van der Waals surface area contributed by atoms with Gasteiger partial charge in [-0.1, -0.05) is 12.8 Å². The van der Waals surface area contributed by atoms with E-state index in [1.165, 1.54) is 12.8 Å². The molecule has 1 heterocycles. The van der Waals surface area contributed by atoms with Gasteiger partial charge in [0.15, 0.2) is 0 Å². The molecule has 1 aromatic heterocycles. The van der Waals surface area contributed by atoms with Gasteiger partial charge in [0.05, 0.1) is 13.2 Å². The van der Waals surface area contributed by atoms with Crippen molar-refractivity contribution in [1.29, 1.82) is 0 Å². The van der Waals surface area contributed by atoms with Crippen LogP contribution in [0.3, 0.4) is 0 Å². The molecule has 1 atom stereocenters. The predicted octanol–water partition coefficient (Wildman–Crippen LogP) is 1.45. The average molecular weight is 237 g/mol. The Hall–Kier alpha value is -1.36. The number of hydrogen-bond acceptors (Lipinski definition) is 5. The first-order valence-electron chi connectivity index (χ1n) is 6.08. The predicted molar refractivity (Wildman–Crippen MR) is 65.0 cm³/mol. The van der Waals surface area contributed by atoms with Gasteiger partial charge in [0.1, 0.15) is 0 Å². The molecule has 1 aromatic rings. The van der Waals surface area contributed by atoms with E-state index in [4.69, 9.17) is 4.74 Å². The van der Waals surface area contributed by atoms with Gasteiger partial charge in [0.2, 0.25) is 11.8 Å². The van der Waals surface area contributed by atoms with Crippen LogP contribution >= 0.6 is 0 Å². The van der Waals surface area contributed by atoms with E-state index in [2.05, 4.69) is 15.3 Å². The molecule has 5 nitrogen and oxygen atoms in total. The highest BCUT2D eigenvalue weighted by Crippen LogP contribution is 2.27. The summed E-state index contributed by atoms with van der Waals surface area (Å²) >= 11 is 0. The van der Waals surface area contributed by atoms with Crippen LogP contribution in [0.1, 0.15) is 25.7 Å². The first-order chi connectivity index (χ1) is 8.29. The number of ether oxygens (including phenoxy) is 1. The van der Waals surface area contributed by atoms with E-state index in [9.17, 15) is 5.11 Å². The van der Waals surface area contributed by atoms with E-state index in [0.29, 0.717) is 24.3 Å². The number of anilines is 1. The number of nitrogens with one attached hydrogen (secondary N) is 1. The van der Waals surface area contributed by atoms with Crippen LogP contribution < -0.4 is 10.1 Å². The molecule has 0 aliphatic heterocycles. The molecule has 5 heteroatoms. The summed E-state index contributed by atoms with van der Waals surface area (Å²) in [5.74, 6) is 1.45. The van der Waals surface area contributed by atoms with Gasteiger partial charge in [0.25, 0.3) is 0 Å². The zero-order valence-corrected chi connectivity index (χ0v) is 10.1. The Balaban J connectivity index is 1.83. The highest BCUT2D eigenvalue weighted by Gasteiger charge is 2.22. The van der Waals surface area contributed by atoms with Gasteiger partial charge in [-0.25, -0.2) is 4.98 Å². The van der Waals surface area contributed by atoms with E-state index in [1.54, 1.807) is 19.4 Å². The number of aliphatic hydroxyl groups is 1. The summed E-state index contributed by atoms with van der Waals surface area (Å²) in [6.07, 6.45) is 6.04. The minimum Gasteiger partial charge on any atom is -0.481 e. The molecule has 1 fully saturated rings. The molecule has 1 unspecified atom stereocenters. The fourth-order valence-electron chi connectivity index (χ4n) is 2.25. The van der Waals surface area contributed by atoms with E-state index >= 15 is 0 Å². The number of aliphatic hydroxyl groups excluding tert-OH is 1. The summed E-state index contributed by atoms with van der Waals surface area (Å²) in [5, 5.41) is 13.0. The maximum Gasteiger partial charge on any atom is 0.226 e. The van der Waals surface area contributed by atoms with Gasteiger partial charge in [0, 0.05) is 18.8 Å². The van der Waals surface area contributed by atoms with Crippen LogP contribution in [0.2, 0.25) is 0 Å². The first kappa shape index (κ1) is 12.1. The topological polar surface area (TPSA) is 67.3 Å².